The summed E-state index contributed by atoms with van der Waals surface area (Å²) in [5, 5.41) is 0. The lowest BCUT2D eigenvalue weighted by Gasteiger charge is -2.02. The second-order valence-electron chi connectivity index (χ2n) is 3.61. The van der Waals surface area contributed by atoms with Crippen molar-refractivity contribution in [3.8, 4) is 11.1 Å². The highest BCUT2D eigenvalue weighted by Crippen LogP contribution is 2.19. The van der Waals surface area contributed by atoms with Crippen molar-refractivity contribution in [3.05, 3.63) is 59.7 Å². The van der Waals surface area contributed by atoms with E-state index in [9.17, 15) is 0 Å². The van der Waals surface area contributed by atoms with Crippen molar-refractivity contribution >= 4 is 0 Å². The third-order valence-electron chi connectivity index (χ3n) is 2.30. The Kier molecular flexibility index (Phi) is 2.36. The van der Waals surface area contributed by atoms with E-state index in [1.165, 1.54) is 22.3 Å². The number of aryl methyl sites for hydroxylation is 2. The van der Waals surface area contributed by atoms with Crippen LogP contribution in [-0.4, -0.2) is 0 Å². The van der Waals surface area contributed by atoms with E-state index in [1.807, 2.05) is 0 Å². The van der Waals surface area contributed by atoms with E-state index in [4.69, 9.17) is 0 Å². The molecule has 0 nitrogen and oxygen atoms in total. The minimum atomic E-state index is 1.17. The van der Waals surface area contributed by atoms with Crippen molar-refractivity contribution in [2.24, 2.45) is 0 Å². The zero-order chi connectivity index (χ0) is 9.97. The standard InChI is InChI=1S/C14H13/c1-11-6-8-13(9-7-11)14-5-3-4-12(2)10-14/h3-9H,1-2H3. The zero-order valence-corrected chi connectivity index (χ0v) is 8.54. The van der Waals surface area contributed by atoms with Crippen LogP contribution >= 0.6 is 0 Å². The molecule has 0 aromatic heterocycles. The number of rotatable bonds is 1. The van der Waals surface area contributed by atoms with Gasteiger partial charge < -0.3 is 0 Å². The summed E-state index contributed by atoms with van der Waals surface area (Å²) in [6.45, 7) is 4.17. The lowest BCUT2D eigenvalue weighted by Crippen LogP contribution is -1.80. The molecule has 0 aliphatic rings. The molecule has 0 saturated carbocycles. The molecule has 0 aliphatic carbocycles. The van der Waals surface area contributed by atoms with E-state index in [-0.39, 0.29) is 0 Å². The predicted molar refractivity (Wildman–Crippen MR) is 60.2 cm³/mol. The minimum absolute atomic E-state index is 1.17. The fraction of sp³-hybridized carbons (Fsp3) is 0.143. The molecule has 0 spiro atoms. The third-order valence-corrected chi connectivity index (χ3v) is 2.30. The van der Waals surface area contributed by atoms with Crippen LogP contribution in [0.2, 0.25) is 0 Å². The second kappa shape index (κ2) is 3.67. The van der Waals surface area contributed by atoms with Crippen LogP contribution < -0.4 is 0 Å². The Hall–Kier alpha value is -1.56. The third kappa shape index (κ3) is 1.85. The molecule has 1 radical (unpaired) electrons. The van der Waals surface area contributed by atoms with Gasteiger partial charge in [0.25, 0.3) is 0 Å². The number of hydrogen-bond donors (Lipinski definition) is 0. The van der Waals surface area contributed by atoms with Gasteiger partial charge in [0, 0.05) is 0 Å². The normalized spacial score (nSPS) is 10.1. The van der Waals surface area contributed by atoms with E-state index in [0.29, 0.717) is 0 Å². The summed E-state index contributed by atoms with van der Waals surface area (Å²) in [5.41, 5.74) is 4.88. The molecule has 0 bridgehead atoms. The molecule has 2 rings (SSSR count). The molecular formula is C14H13. The summed E-state index contributed by atoms with van der Waals surface area (Å²) < 4.78 is 0. The van der Waals surface area contributed by atoms with Crippen LogP contribution in [0.3, 0.4) is 0 Å². The first-order valence-corrected chi connectivity index (χ1v) is 4.82. The van der Waals surface area contributed by atoms with Gasteiger partial charge in [-0.05, 0) is 36.6 Å². The molecular weight excluding hydrogens is 168 g/mol. The topological polar surface area (TPSA) is 0 Å². The average molecular weight is 181 g/mol. The minimum Gasteiger partial charge on any atom is -0.0613 e. The predicted octanol–water partition coefficient (Wildman–Crippen LogP) is 3.77. The molecule has 0 aliphatic heterocycles. The zero-order valence-electron chi connectivity index (χ0n) is 8.54. The maximum absolute atomic E-state index is 3.34. The van der Waals surface area contributed by atoms with Crippen LogP contribution in [0.4, 0.5) is 0 Å². The quantitative estimate of drug-likeness (QED) is 0.628. The highest BCUT2D eigenvalue weighted by Gasteiger charge is 1.96. The summed E-state index contributed by atoms with van der Waals surface area (Å²) in [5.74, 6) is 0. The van der Waals surface area contributed by atoms with Crippen molar-refractivity contribution in [2.45, 2.75) is 13.8 Å². The van der Waals surface area contributed by atoms with E-state index in [1.54, 1.807) is 0 Å². The summed E-state index contributed by atoms with van der Waals surface area (Å²) in [7, 11) is 0. The summed E-state index contributed by atoms with van der Waals surface area (Å²) in [6.07, 6.45) is 0. The van der Waals surface area contributed by atoms with Crippen molar-refractivity contribution < 1.29 is 0 Å². The summed E-state index contributed by atoms with van der Waals surface area (Å²) in [4.78, 5) is 0. The van der Waals surface area contributed by atoms with Gasteiger partial charge in [-0.15, -0.1) is 0 Å². The molecule has 0 fully saturated rings. The van der Waals surface area contributed by atoms with Gasteiger partial charge >= 0.3 is 0 Å². The Bertz CT molecular complexity index is 424. The van der Waals surface area contributed by atoms with E-state index in [2.05, 4.69) is 62.4 Å². The molecule has 2 aromatic rings. The molecule has 14 heavy (non-hydrogen) atoms. The first kappa shape index (κ1) is 9.01. The van der Waals surface area contributed by atoms with Crippen molar-refractivity contribution in [3.63, 3.8) is 0 Å². The Morgan fingerprint density at radius 2 is 1.57 bits per heavy atom. The Balaban J connectivity index is 2.44. The molecule has 0 atom stereocenters. The van der Waals surface area contributed by atoms with Crippen LogP contribution in [0.25, 0.3) is 11.1 Å². The Morgan fingerprint density at radius 1 is 0.857 bits per heavy atom. The fourth-order valence-electron chi connectivity index (χ4n) is 1.49. The molecule has 0 unspecified atom stereocenters. The smallest absolute Gasteiger partial charge is 0.00672 e. The monoisotopic (exact) mass is 181 g/mol. The highest BCUT2D eigenvalue weighted by atomic mass is 14.0. The van der Waals surface area contributed by atoms with Gasteiger partial charge in [0.15, 0.2) is 0 Å². The first-order valence-electron chi connectivity index (χ1n) is 4.82. The van der Waals surface area contributed by atoms with Crippen molar-refractivity contribution in [1.29, 1.82) is 0 Å². The largest absolute Gasteiger partial charge is 0.0613 e. The van der Waals surface area contributed by atoms with Gasteiger partial charge in [0.05, 0.1) is 0 Å². The lowest BCUT2D eigenvalue weighted by atomic mass is 10.0. The number of hydrogen-bond acceptors (Lipinski definition) is 0. The van der Waals surface area contributed by atoms with Crippen LogP contribution in [0.5, 0.6) is 0 Å². The lowest BCUT2D eigenvalue weighted by molar-refractivity contribution is 1.43. The van der Waals surface area contributed by atoms with Gasteiger partial charge in [-0.2, -0.15) is 0 Å². The van der Waals surface area contributed by atoms with Gasteiger partial charge in [-0.1, -0.05) is 48.0 Å². The van der Waals surface area contributed by atoms with Crippen LogP contribution in [0.15, 0.2) is 42.5 Å². The average Bonchev–Trinajstić information content (AvgIpc) is 2.19. The van der Waals surface area contributed by atoms with Gasteiger partial charge in [0.1, 0.15) is 0 Å². The SMILES string of the molecule is Cc1[c]c(-c2ccc(C)cc2)ccc1. The Labute approximate surface area is 85.2 Å². The highest BCUT2D eigenvalue weighted by molar-refractivity contribution is 5.63. The summed E-state index contributed by atoms with van der Waals surface area (Å²) >= 11 is 0. The first-order chi connectivity index (χ1) is 6.75. The molecule has 0 heteroatoms. The molecule has 0 N–H and O–H groups in total. The maximum atomic E-state index is 3.34. The van der Waals surface area contributed by atoms with Gasteiger partial charge in [-0.25, -0.2) is 0 Å². The van der Waals surface area contributed by atoms with Crippen molar-refractivity contribution in [2.75, 3.05) is 0 Å². The van der Waals surface area contributed by atoms with E-state index >= 15 is 0 Å². The van der Waals surface area contributed by atoms with Gasteiger partial charge in [-0.3, -0.25) is 0 Å². The molecule has 0 saturated heterocycles. The van der Waals surface area contributed by atoms with Crippen LogP contribution in [0, 0.1) is 19.9 Å². The maximum Gasteiger partial charge on any atom is -0.00672 e. The number of benzene rings is 2. The van der Waals surface area contributed by atoms with Crippen LogP contribution in [0.1, 0.15) is 11.1 Å². The van der Waals surface area contributed by atoms with E-state index < -0.39 is 0 Å². The second-order valence-corrected chi connectivity index (χ2v) is 3.61. The van der Waals surface area contributed by atoms with Crippen LogP contribution in [-0.2, 0) is 0 Å². The fourth-order valence-corrected chi connectivity index (χ4v) is 1.49. The molecule has 69 valence electrons. The molecule has 2 aromatic carbocycles. The summed E-state index contributed by atoms with van der Waals surface area (Å²) in [6, 6.07) is 18.1. The van der Waals surface area contributed by atoms with E-state index in [0.717, 1.165) is 0 Å². The van der Waals surface area contributed by atoms with Crippen molar-refractivity contribution in [1.82, 2.24) is 0 Å². The Morgan fingerprint density at radius 3 is 2.21 bits per heavy atom. The molecule has 0 heterocycles. The van der Waals surface area contributed by atoms with Gasteiger partial charge in [0.2, 0.25) is 0 Å². The molecule has 0 amide bonds.